The quantitative estimate of drug-likeness (QED) is 0.738. The molecule has 0 aliphatic heterocycles. The summed E-state index contributed by atoms with van der Waals surface area (Å²) in [7, 11) is 3.96. The van der Waals surface area contributed by atoms with Crippen molar-refractivity contribution in [1.29, 1.82) is 0 Å². The summed E-state index contributed by atoms with van der Waals surface area (Å²) in [4.78, 5) is 19.1. The predicted octanol–water partition coefficient (Wildman–Crippen LogP) is 2.88. The molecule has 0 spiro atoms. The van der Waals surface area contributed by atoms with Crippen LogP contribution >= 0.6 is 11.6 Å². The Hall–Kier alpha value is -2.37. The molecule has 3 rings (SSSR count). The average molecular weight is 357 g/mol. The summed E-state index contributed by atoms with van der Waals surface area (Å²) in [6.07, 6.45) is 2.21. The van der Waals surface area contributed by atoms with Gasteiger partial charge in [0.25, 0.3) is 0 Å². The van der Waals surface area contributed by atoms with Gasteiger partial charge < -0.3 is 14.6 Å². The number of pyridine rings is 1. The molecule has 5 nitrogen and oxygen atoms in total. The van der Waals surface area contributed by atoms with Crippen LogP contribution in [0.3, 0.4) is 0 Å². The number of likely N-dealkylation sites (N-methyl/N-ethyl adjacent to an activating group) is 1. The highest BCUT2D eigenvalue weighted by molar-refractivity contribution is 6.30. The van der Waals surface area contributed by atoms with E-state index in [1.807, 2.05) is 72.1 Å². The second-order valence-corrected chi connectivity index (χ2v) is 6.61. The lowest BCUT2D eigenvalue weighted by molar-refractivity contribution is -0.120. The van der Waals surface area contributed by atoms with Gasteiger partial charge in [0.15, 0.2) is 0 Å². The molecule has 0 saturated carbocycles. The smallest absolute Gasteiger partial charge is 0.226 e. The normalized spacial score (nSPS) is 11.2. The average Bonchev–Trinajstić information content (AvgIpc) is 2.94. The first-order valence-electron chi connectivity index (χ1n) is 8.18. The number of nitrogens with zero attached hydrogens (tertiary/aromatic N) is 3. The number of amides is 1. The zero-order valence-corrected chi connectivity index (χ0v) is 15.1. The van der Waals surface area contributed by atoms with Crippen molar-refractivity contribution < 1.29 is 4.79 Å². The van der Waals surface area contributed by atoms with Crippen molar-refractivity contribution in [1.82, 2.24) is 19.6 Å². The lowest BCUT2D eigenvalue weighted by Gasteiger charge is -2.11. The first-order chi connectivity index (χ1) is 12.0. The van der Waals surface area contributed by atoms with E-state index in [1.165, 1.54) is 0 Å². The molecule has 0 saturated heterocycles. The zero-order valence-electron chi connectivity index (χ0n) is 14.4. The number of benzene rings is 1. The Morgan fingerprint density at radius 1 is 1.20 bits per heavy atom. The SMILES string of the molecule is CN(C)CCNC(=O)Cc1c(-c2ccc(Cl)cc2)nc2ccccn12. The van der Waals surface area contributed by atoms with Gasteiger partial charge in [-0.25, -0.2) is 4.98 Å². The van der Waals surface area contributed by atoms with Crippen LogP contribution in [0.5, 0.6) is 0 Å². The number of hydrogen-bond donors (Lipinski definition) is 1. The van der Waals surface area contributed by atoms with Gasteiger partial charge >= 0.3 is 0 Å². The van der Waals surface area contributed by atoms with Gasteiger partial charge in [-0.05, 0) is 38.4 Å². The maximum absolute atomic E-state index is 12.4. The molecule has 6 heteroatoms. The number of rotatable bonds is 6. The van der Waals surface area contributed by atoms with E-state index in [4.69, 9.17) is 16.6 Å². The molecule has 130 valence electrons. The van der Waals surface area contributed by atoms with E-state index in [2.05, 4.69) is 5.32 Å². The standard InChI is InChI=1S/C19H21ClN4O/c1-23(2)12-10-21-18(25)13-16-19(14-6-8-15(20)9-7-14)22-17-5-3-4-11-24(16)17/h3-9,11H,10,12-13H2,1-2H3,(H,21,25). The summed E-state index contributed by atoms with van der Waals surface area (Å²) >= 11 is 5.99. The van der Waals surface area contributed by atoms with Crippen molar-refractivity contribution in [3.05, 3.63) is 59.4 Å². The predicted molar refractivity (Wildman–Crippen MR) is 101 cm³/mol. The number of carbonyl (C=O) groups excluding carboxylic acids is 1. The van der Waals surface area contributed by atoms with E-state index in [9.17, 15) is 4.79 Å². The second-order valence-electron chi connectivity index (χ2n) is 6.17. The van der Waals surface area contributed by atoms with Crippen LogP contribution in [0.25, 0.3) is 16.9 Å². The van der Waals surface area contributed by atoms with Crippen LogP contribution in [0.1, 0.15) is 5.69 Å². The number of nitrogens with one attached hydrogen (secondary N) is 1. The second kappa shape index (κ2) is 7.68. The van der Waals surface area contributed by atoms with Crippen molar-refractivity contribution >= 4 is 23.2 Å². The molecule has 1 aromatic carbocycles. The first-order valence-corrected chi connectivity index (χ1v) is 8.56. The molecular formula is C19H21ClN4O. The summed E-state index contributed by atoms with van der Waals surface area (Å²) in [5.74, 6) is -0.0114. The molecule has 0 unspecified atom stereocenters. The molecule has 2 aromatic heterocycles. The Kier molecular flexibility index (Phi) is 5.36. The third-order valence-corrected chi connectivity index (χ3v) is 4.21. The highest BCUT2D eigenvalue weighted by Crippen LogP contribution is 2.26. The highest BCUT2D eigenvalue weighted by atomic mass is 35.5. The molecule has 0 aliphatic rings. The fourth-order valence-corrected chi connectivity index (χ4v) is 2.81. The van der Waals surface area contributed by atoms with E-state index < -0.39 is 0 Å². The Balaban J connectivity index is 1.91. The third-order valence-electron chi connectivity index (χ3n) is 3.96. The molecule has 3 aromatic rings. The molecule has 2 heterocycles. The fraction of sp³-hybridized carbons (Fsp3) is 0.263. The summed E-state index contributed by atoms with van der Waals surface area (Å²) in [5.41, 5.74) is 3.46. The highest BCUT2D eigenvalue weighted by Gasteiger charge is 2.16. The van der Waals surface area contributed by atoms with Crippen LogP contribution in [0.2, 0.25) is 5.02 Å². The van der Waals surface area contributed by atoms with Crippen molar-refractivity contribution in [2.24, 2.45) is 0 Å². The minimum atomic E-state index is -0.0114. The Morgan fingerprint density at radius 3 is 2.68 bits per heavy atom. The van der Waals surface area contributed by atoms with Gasteiger partial charge in [-0.2, -0.15) is 0 Å². The number of imidazole rings is 1. The number of carbonyl (C=O) groups is 1. The van der Waals surface area contributed by atoms with Gasteiger partial charge in [-0.1, -0.05) is 29.8 Å². The van der Waals surface area contributed by atoms with Crippen LogP contribution < -0.4 is 5.32 Å². The first kappa shape index (κ1) is 17.5. The minimum Gasteiger partial charge on any atom is -0.354 e. The number of hydrogen-bond acceptors (Lipinski definition) is 3. The van der Waals surface area contributed by atoms with Crippen molar-refractivity contribution in [3.63, 3.8) is 0 Å². The Morgan fingerprint density at radius 2 is 1.96 bits per heavy atom. The van der Waals surface area contributed by atoms with E-state index in [0.717, 1.165) is 29.1 Å². The monoisotopic (exact) mass is 356 g/mol. The molecule has 0 atom stereocenters. The topological polar surface area (TPSA) is 49.6 Å². The van der Waals surface area contributed by atoms with E-state index >= 15 is 0 Å². The molecule has 1 N–H and O–H groups in total. The van der Waals surface area contributed by atoms with Gasteiger partial charge in [0.1, 0.15) is 5.65 Å². The van der Waals surface area contributed by atoms with Crippen molar-refractivity contribution in [3.8, 4) is 11.3 Å². The molecule has 0 aliphatic carbocycles. The summed E-state index contributed by atoms with van der Waals surface area (Å²) in [5, 5.41) is 3.64. The fourth-order valence-electron chi connectivity index (χ4n) is 2.69. The zero-order chi connectivity index (χ0) is 17.8. The Labute approximate surface area is 152 Å². The van der Waals surface area contributed by atoms with Crippen molar-refractivity contribution in [2.75, 3.05) is 27.2 Å². The van der Waals surface area contributed by atoms with Crippen LogP contribution in [-0.2, 0) is 11.2 Å². The summed E-state index contributed by atoms with van der Waals surface area (Å²) in [6, 6.07) is 13.3. The van der Waals surface area contributed by atoms with Crippen LogP contribution in [-0.4, -0.2) is 47.4 Å². The Bertz CT molecular complexity index is 871. The summed E-state index contributed by atoms with van der Waals surface area (Å²) in [6.45, 7) is 1.43. The maximum atomic E-state index is 12.4. The lowest BCUT2D eigenvalue weighted by atomic mass is 10.1. The minimum absolute atomic E-state index is 0.0114. The van der Waals surface area contributed by atoms with E-state index in [0.29, 0.717) is 11.6 Å². The van der Waals surface area contributed by atoms with Crippen LogP contribution in [0, 0.1) is 0 Å². The molecular weight excluding hydrogens is 336 g/mol. The van der Waals surface area contributed by atoms with Gasteiger partial charge in [0.05, 0.1) is 17.8 Å². The summed E-state index contributed by atoms with van der Waals surface area (Å²) < 4.78 is 1.97. The van der Waals surface area contributed by atoms with Gasteiger partial charge in [-0.3, -0.25) is 4.79 Å². The van der Waals surface area contributed by atoms with E-state index in [-0.39, 0.29) is 12.3 Å². The largest absolute Gasteiger partial charge is 0.354 e. The third kappa shape index (κ3) is 4.18. The molecule has 0 fully saturated rings. The lowest BCUT2D eigenvalue weighted by Crippen LogP contribution is -2.32. The number of aromatic nitrogens is 2. The van der Waals surface area contributed by atoms with Gasteiger partial charge in [0.2, 0.25) is 5.91 Å². The van der Waals surface area contributed by atoms with Crippen molar-refractivity contribution in [2.45, 2.75) is 6.42 Å². The number of halogens is 1. The van der Waals surface area contributed by atoms with Gasteiger partial charge in [-0.15, -0.1) is 0 Å². The molecule has 0 bridgehead atoms. The maximum Gasteiger partial charge on any atom is 0.226 e. The molecule has 0 radical (unpaired) electrons. The van der Waals surface area contributed by atoms with Gasteiger partial charge in [0, 0.05) is 29.9 Å². The van der Waals surface area contributed by atoms with E-state index in [1.54, 1.807) is 0 Å². The molecule has 25 heavy (non-hydrogen) atoms. The van der Waals surface area contributed by atoms with Crippen LogP contribution in [0.15, 0.2) is 48.7 Å². The number of fused-ring (bicyclic) bond motifs is 1. The van der Waals surface area contributed by atoms with Crippen LogP contribution in [0.4, 0.5) is 0 Å². The molecule has 1 amide bonds.